The highest BCUT2D eigenvalue weighted by atomic mass is 79.9. The average molecular weight is 349 g/mol. The number of rotatable bonds is 3. The number of nitrogen functional groups attached to an aromatic ring is 1. The Morgan fingerprint density at radius 1 is 1.14 bits per heavy atom. The van der Waals surface area contributed by atoms with E-state index >= 15 is 0 Å². The molecule has 110 valence electrons. The lowest BCUT2D eigenvalue weighted by Gasteiger charge is -2.13. The molecule has 5 heteroatoms. The van der Waals surface area contributed by atoms with Crippen LogP contribution in [0.1, 0.15) is 21.5 Å². The second-order valence-corrected chi connectivity index (χ2v) is 5.69. The van der Waals surface area contributed by atoms with Crippen LogP contribution in [0.15, 0.2) is 34.8 Å². The van der Waals surface area contributed by atoms with Gasteiger partial charge in [-0.1, -0.05) is 15.9 Å². The largest absolute Gasteiger partial charge is 0.465 e. The van der Waals surface area contributed by atoms with Crippen molar-refractivity contribution in [3.63, 3.8) is 0 Å². The highest BCUT2D eigenvalue weighted by molar-refractivity contribution is 9.10. The quantitative estimate of drug-likeness (QED) is 0.645. The molecule has 0 heterocycles. The van der Waals surface area contributed by atoms with Crippen molar-refractivity contribution in [1.82, 2.24) is 0 Å². The number of anilines is 3. The number of methoxy groups -OCH3 is 1. The Kier molecular flexibility index (Phi) is 4.53. The molecule has 0 atom stereocenters. The van der Waals surface area contributed by atoms with Gasteiger partial charge in [0.25, 0.3) is 0 Å². The van der Waals surface area contributed by atoms with E-state index in [4.69, 9.17) is 10.5 Å². The Hall–Kier alpha value is -2.01. The van der Waals surface area contributed by atoms with Crippen molar-refractivity contribution in [1.29, 1.82) is 0 Å². The number of halogens is 1. The maximum Gasteiger partial charge on any atom is 0.340 e. The lowest BCUT2D eigenvalue weighted by Crippen LogP contribution is -2.08. The molecule has 4 nitrogen and oxygen atoms in total. The average Bonchev–Trinajstić information content (AvgIpc) is 2.45. The number of carbonyl (C=O) groups excluding carboxylic acids is 1. The molecule has 2 aromatic rings. The van der Waals surface area contributed by atoms with Crippen LogP contribution in [0.5, 0.6) is 0 Å². The molecular formula is C16H17BrN2O2. The van der Waals surface area contributed by atoms with E-state index in [9.17, 15) is 4.79 Å². The molecule has 0 unspecified atom stereocenters. The van der Waals surface area contributed by atoms with E-state index < -0.39 is 5.97 Å². The van der Waals surface area contributed by atoms with E-state index in [0.717, 1.165) is 27.0 Å². The number of hydrogen-bond acceptors (Lipinski definition) is 4. The van der Waals surface area contributed by atoms with E-state index in [1.807, 2.05) is 38.1 Å². The lowest BCUT2D eigenvalue weighted by molar-refractivity contribution is 0.0602. The topological polar surface area (TPSA) is 64.3 Å². The van der Waals surface area contributed by atoms with Crippen LogP contribution in [0.25, 0.3) is 0 Å². The third-order valence-electron chi connectivity index (χ3n) is 3.24. The first kappa shape index (κ1) is 15.4. The SMILES string of the molecule is COC(=O)c1cc(Nc2ccc(Br)c(C)c2)cc(C)c1N. The van der Waals surface area contributed by atoms with Crippen molar-refractivity contribution in [2.75, 3.05) is 18.2 Å². The fourth-order valence-corrected chi connectivity index (χ4v) is 2.29. The molecule has 2 rings (SSSR count). The van der Waals surface area contributed by atoms with Gasteiger partial charge < -0.3 is 15.8 Å². The Labute approximate surface area is 132 Å². The smallest absolute Gasteiger partial charge is 0.340 e. The van der Waals surface area contributed by atoms with Crippen LogP contribution in [0.2, 0.25) is 0 Å². The number of carbonyl (C=O) groups is 1. The second kappa shape index (κ2) is 6.18. The molecule has 0 aliphatic rings. The van der Waals surface area contributed by atoms with Crippen molar-refractivity contribution in [2.45, 2.75) is 13.8 Å². The molecular weight excluding hydrogens is 332 g/mol. The summed E-state index contributed by atoms with van der Waals surface area (Å²) in [6.45, 7) is 3.88. The van der Waals surface area contributed by atoms with Crippen molar-refractivity contribution in [3.8, 4) is 0 Å². The summed E-state index contributed by atoms with van der Waals surface area (Å²) in [7, 11) is 1.34. The normalized spacial score (nSPS) is 10.3. The number of nitrogens with two attached hydrogens (primary N) is 1. The lowest BCUT2D eigenvalue weighted by atomic mass is 10.1. The zero-order valence-electron chi connectivity index (χ0n) is 12.2. The predicted molar refractivity (Wildman–Crippen MR) is 89.1 cm³/mol. The van der Waals surface area contributed by atoms with Gasteiger partial charge in [-0.2, -0.15) is 0 Å². The maximum atomic E-state index is 11.8. The van der Waals surface area contributed by atoms with Gasteiger partial charge in [-0.3, -0.25) is 0 Å². The van der Waals surface area contributed by atoms with Crippen LogP contribution in [0.3, 0.4) is 0 Å². The van der Waals surface area contributed by atoms with Gasteiger partial charge in [-0.05, 0) is 55.3 Å². The summed E-state index contributed by atoms with van der Waals surface area (Å²) >= 11 is 3.47. The van der Waals surface area contributed by atoms with Crippen LogP contribution >= 0.6 is 15.9 Å². The summed E-state index contributed by atoms with van der Waals surface area (Å²) < 4.78 is 5.81. The molecule has 0 aliphatic carbocycles. The van der Waals surface area contributed by atoms with Gasteiger partial charge in [0.05, 0.1) is 12.7 Å². The molecule has 0 aromatic heterocycles. The van der Waals surface area contributed by atoms with Gasteiger partial charge >= 0.3 is 5.97 Å². The first-order valence-electron chi connectivity index (χ1n) is 6.44. The van der Waals surface area contributed by atoms with E-state index in [1.165, 1.54) is 7.11 Å². The monoisotopic (exact) mass is 348 g/mol. The zero-order chi connectivity index (χ0) is 15.6. The molecule has 0 amide bonds. The summed E-state index contributed by atoms with van der Waals surface area (Å²) in [6.07, 6.45) is 0. The van der Waals surface area contributed by atoms with Gasteiger partial charge in [0, 0.05) is 21.5 Å². The minimum absolute atomic E-state index is 0.369. The van der Waals surface area contributed by atoms with Gasteiger partial charge in [0.1, 0.15) is 0 Å². The number of aryl methyl sites for hydroxylation is 2. The minimum Gasteiger partial charge on any atom is -0.465 e. The van der Waals surface area contributed by atoms with Gasteiger partial charge in [0.2, 0.25) is 0 Å². The maximum absolute atomic E-state index is 11.8. The summed E-state index contributed by atoms with van der Waals surface area (Å²) in [5, 5.41) is 3.28. The predicted octanol–water partition coefficient (Wildman–Crippen LogP) is 4.18. The van der Waals surface area contributed by atoms with E-state index in [2.05, 4.69) is 21.2 Å². The fraction of sp³-hybridized carbons (Fsp3) is 0.188. The van der Waals surface area contributed by atoms with Crippen molar-refractivity contribution >= 4 is 39.0 Å². The minimum atomic E-state index is -0.439. The Bertz CT molecular complexity index is 699. The van der Waals surface area contributed by atoms with Gasteiger partial charge in [-0.15, -0.1) is 0 Å². The summed E-state index contributed by atoms with van der Waals surface area (Å²) in [5.41, 5.74) is 10.4. The van der Waals surface area contributed by atoms with Gasteiger partial charge in [0.15, 0.2) is 0 Å². The molecule has 0 spiro atoms. The van der Waals surface area contributed by atoms with Crippen LogP contribution in [0.4, 0.5) is 17.1 Å². The molecule has 0 radical (unpaired) electrons. The zero-order valence-corrected chi connectivity index (χ0v) is 13.7. The summed E-state index contributed by atoms with van der Waals surface area (Å²) in [5.74, 6) is -0.439. The van der Waals surface area contributed by atoms with E-state index in [0.29, 0.717) is 11.3 Å². The standard InChI is InChI=1S/C16H17BrN2O2/c1-9-6-11(4-5-14(9)17)19-12-7-10(2)15(18)13(8-12)16(20)21-3/h4-8,19H,18H2,1-3H3. The van der Waals surface area contributed by atoms with Crippen LogP contribution in [-0.4, -0.2) is 13.1 Å². The Morgan fingerprint density at radius 3 is 2.43 bits per heavy atom. The van der Waals surface area contributed by atoms with Crippen molar-refractivity contribution < 1.29 is 9.53 Å². The highest BCUT2D eigenvalue weighted by Gasteiger charge is 2.13. The second-order valence-electron chi connectivity index (χ2n) is 4.83. The molecule has 3 N–H and O–H groups in total. The molecule has 21 heavy (non-hydrogen) atoms. The van der Waals surface area contributed by atoms with Crippen molar-refractivity contribution in [2.24, 2.45) is 0 Å². The first-order valence-corrected chi connectivity index (χ1v) is 7.23. The van der Waals surface area contributed by atoms with E-state index in [1.54, 1.807) is 6.07 Å². The molecule has 0 bridgehead atoms. The number of ether oxygens (including phenoxy) is 1. The Morgan fingerprint density at radius 2 is 1.81 bits per heavy atom. The first-order chi connectivity index (χ1) is 9.92. The molecule has 2 aromatic carbocycles. The summed E-state index contributed by atoms with van der Waals surface area (Å²) in [4.78, 5) is 11.8. The summed E-state index contributed by atoms with van der Waals surface area (Å²) in [6, 6.07) is 9.56. The number of nitrogens with one attached hydrogen (secondary N) is 1. The molecule has 0 aliphatic heterocycles. The molecule has 0 saturated carbocycles. The van der Waals surface area contributed by atoms with E-state index in [-0.39, 0.29) is 0 Å². The van der Waals surface area contributed by atoms with Crippen LogP contribution in [0, 0.1) is 13.8 Å². The number of esters is 1. The van der Waals surface area contributed by atoms with Gasteiger partial charge in [-0.25, -0.2) is 4.79 Å². The number of hydrogen-bond donors (Lipinski definition) is 2. The molecule has 0 saturated heterocycles. The third-order valence-corrected chi connectivity index (χ3v) is 4.13. The molecule has 0 fully saturated rings. The van der Waals surface area contributed by atoms with Crippen molar-refractivity contribution in [3.05, 3.63) is 51.5 Å². The fourth-order valence-electron chi connectivity index (χ4n) is 2.04. The number of benzene rings is 2. The highest BCUT2D eigenvalue weighted by Crippen LogP contribution is 2.27. The van der Waals surface area contributed by atoms with Crippen LogP contribution in [-0.2, 0) is 4.74 Å². The third kappa shape index (κ3) is 3.36. The Balaban J connectivity index is 2.38. The van der Waals surface area contributed by atoms with Crippen LogP contribution < -0.4 is 11.1 Å².